The van der Waals surface area contributed by atoms with Gasteiger partial charge in [-0.1, -0.05) is 12.1 Å². The fourth-order valence-corrected chi connectivity index (χ4v) is 2.82. The van der Waals surface area contributed by atoms with Crippen molar-refractivity contribution in [1.29, 1.82) is 0 Å². The van der Waals surface area contributed by atoms with Crippen LogP contribution in [0.3, 0.4) is 0 Å². The maximum Gasteiger partial charge on any atom is 0.270 e. The summed E-state index contributed by atoms with van der Waals surface area (Å²) < 4.78 is 0. The van der Waals surface area contributed by atoms with E-state index in [-0.39, 0.29) is 23.9 Å². The molecule has 1 amide bonds. The van der Waals surface area contributed by atoms with E-state index >= 15 is 0 Å². The van der Waals surface area contributed by atoms with Crippen LogP contribution in [0.1, 0.15) is 18.5 Å². The molecule has 0 bridgehead atoms. The van der Waals surface area contributed by atoms with Gasteiger partial charge in [-0.2, -0.15) is 0 Å². The second-order valence-corrected chi connectivity index (χ2v) is 5.85. The van der Waals surface area contributed by atoms with E-state index in [1.165, 1.54) is 0 Å². The Kier molecular flexibility index (Phi) is 4.20. The van der Waals surface area contributed by atoms with Gasteiger partial charge >= 0.3 is 0 Å². The Morgan fingerprint density at radius 2 is 2.27 bits per heavy atom. The smallest absolute Gasteiger partial charge is 0.270 e. The highest BCUT2D eigenvalue weighted by atomic mass is 16.1. The van der Waals surface area contributed by atoms with Gasteiger partial charge in [0.25, 0.3) is 5.56 Å². The first-order valence-electron chi connectivity index (χ1n) is 7.57. The minimum atomic E-state index is -0.216. The van der Waals surface area contributed by atoms with Gasteiger partial charge in [-0.25, -0.2) is 4.98 Å². The predicted molar refractivity (Wildman–Crippen MR) is 84.7 cm³/mol. The first kappa shape index (κ1) is 14.7. The molecule has 2 aromatic rings. The highest BCUT2D eigenvalue weighted by Crippen LogP contribution is 2.08. The van der Waals surface area contributed by atoms with E-state index in [9.17, 15) is 9.59 Å². The van der Waals surface area contributed by atoms with Crippen LogP contribution in [0.4, 0.5) is 0 Å². The molecule has 6 nitrogen and oxygen atoms in total. The lowest BCUT2D eigenvalue weighted by Crippen LogP contribution is -2.36. The summed E-state index contributed by atoms with van der Waals surface area (Å²) in [5.41, 5.74) is 1.66. The number of rotatable bonds is 4. The molecular formula is C16H20N4O2. The molecule has 1 fully saturated rings. The number of carbonyl (C=O) groups excluding carboxylic acids is 1. The average molecular weight is 300 g/mol. The fourth-order valence-electron chi connectivity index (χ4n) is 2.82. The van der Waals surface area contributed by atoms with Gasteiger partial charge in [-0.05, 0) is 32.1 Å². The van der Waals surface area contributed by atoms with Crippen molar-refractivity contribution in [2.24, 2.45) is 0 Å². The molecule has 1 saturated heterocycles. The van der Waals surface area contributed by atoms with Crippen molar-refractivity contribution in [2.75, 3.05) is 20.1 Å². The number of fused-ring (bicyclic) bond motifs is 1. The second kappa shape index (κ2) is 6.27. The molecule has 0 aliphatic carbocycles. The van der Waals surface area contributed by atoms with Crippen molar-refractivity contribution in [1.82, 2.24) is 20.2 Å². The third-order valence-corrected chi connectivity index (χ3v) is 4.02. The molecule has 0 saturated carbocycles. The summed E-state index contributed by atoms with van der Waals surface area (Å²) in [5.74, 6) is -0.0188. The van der Waals surface area contributed by atoms with E-state index in [2.05, 4.69) is 20.2 Å². The molecule has 6 heteroatoms. The Morgan fingerprint density at radius 1 is 1.45 bits per heavy atom. The number of benzene rings is 1. The molecule has 3 rings (SSSR count). The van der Waals surface area contributed by atoms with Crippen LogP contribution in [0, 0.1) is 0 Å². The van der Waals surface area contributed by atoms with Crippen molar-refractivity contribution in [2.45, 2.75) is 25.3 Å². The zero-order valence-corrected chi connectivity index (χ0v) is 12.6. The van der Waals surface area contributed by atoms with Crippen molar-refractivity contribution in [3.8, 4) is 0 Å². The molecule has 0 spiro atoms. The zero-order valence-electron chi connectivity index (χ0n) is 12.6. The van der Waals surface area contributed by atoms with Crippen LogP contribution in [0.15, 0.2) is 29.1 Å². The first-order chi connectivity index (χ1) is 10.6. The average Bonchev–Trinajstić information content (AvgIpc) is 2.90. The van der Waals surface area contributed by atoms with Crippen LogP contribution in [0.5, 0.6) is 0 Å². The number of carbonyl (C=O) groups is 1. The molecular weight excluding hydrogens is 280 g/mol. The monoisotopic (exact) mass is 300 g/mol. The Labute approximate surface area is 128 Å². The molecule has 2 heterocycles. The minimum Gasteiger partial charge on any atom is -0.352 e. The van der Waals surface area contributed by atoms with Crippen LogP contribution in [0.25, 0.3) is 11.0 Å². The lowest BCUT2D eigenvalue weighted by molar-refractivity contribution is -0.121. The van der Waals surface area contributed by atoms with Gasteiger partial charge in [-0.15, -0.1) is 0 Å². The van der Waals surface area contributed by atoms with Gasteiger partial charge in [0.15, 0.2) is 0 Å². The number of aromatic amines is 1. The van der Waals surface area contributed by atoms with Crippen LogP contribution in [-0.2, 0) is 11.2 Å². The molecule has 1 unspecified atom stereocenters. The largest absolute Gasteiger partial charge is 0.352 e. The van der Waals surface area contributed by atoms with Gasteiger partial charge in [0.05, 0.1) is 11.0 Å². The van der Waals surface area contributed by atoms with E-state index in [0.29, 0.717) is 12.1 Å². The number of aromatic nitrogens is 2. The van der Waals surface area contributed by atoms with Crippen LogP contribution in [-0.4, -0.2) is 47.0 Å². The van der Waals surface area contributed by atoms with E-state index < -0.39 is 0 Å². The summed E-state index contributed by atoms with van der Waals surface area (Å²) >= 11 is 0. The number of likely N-dealkylation sites (tertiary alicyclic amines) is 1. The van der Waals surface area contributed by atoms with Gasteiger partial charge in [0, 0.05) is 25.4 Å². The van der Waals surface area contributed by atoms with Gasteiger partial charge in [0.2, 0.25) is 5.91 Å². The number of amides is 1. The summed E-state index contributed by atoms with van der Waals surface area (Å²) in [7, 11) is 2.05. The third kappa shape index (κ3) is 3.33. The number of nitrogens with one attached hydrogen (secondary N) is 2. The summed E-state index contributed by atoms with van der Waals surface area (Å²) in [5, 5.41) is 3.02. The minimum absolute atomic E-state index is 0.0188. The lowest BCUT2D eigenvalue weighted by Gasteiger charge is -2.12. The number of hydrogen-bond acceptors (Lipinski definition) is 4. The number of hydrogen-bond donors (Lipinski definition) is 2. The van der Waals surface area contributed by atoms with E-state index in [4.69, 9.17) is 0 Å². The molecule has 0 radical (unpaired) electrons. The van der Waals surface area contributed by atoms with Gasteiger partial charge in [0.1, 0.15) is 5.69 Å². The standard InChI is InChI=1S/C16H20N4O2/c1-20-9-8-11(10-20)17-15(21)7-6-14-16(22)19-13-5-3-2-4-12(13)18-14/h2-5,11H,6-10H2,1H3,(H,17,21)(H,19,22). The Bertz CT molecular complexity index is 740. The summed E-state index contributed by atoms with van der Waals surface area (Å²) in [6.45, 7) is 1.90. The van der Waals surface area contributed by atoms with E-state index in [1.807, 2.05) is 31.3 Å². The Morgan fingerprint density at radius 3 is 3.05 bits per heavy atom. The van der Waals surface area contributed by atoms with Crippen molar-refractivity contribution < 1.29 is 4.79 Å². The molecule has 1 aliphatic rings. The molecule has 22 heavy (non-hydrogen) atoms. The Hall–Kier alpha value is -2.21. The number of H-pyrrole nitrogens is 1. The highest BCUT2D eigenvalue weighted by molar-refractivity contribution is 5.77. The predicted octanol–water partition coefficient (Wildman–Crippen LogP) is 0.676. The summed E-state index contributed by atoms with van der Waals surface area (Å²) in [4.78, 5) is 33.3. The summed E-state index contributed by atoms with van der Waals surface area (Å²) in [6.07, 6.45) is 1.63. The van der Waals surface area contributed by atoms with Crippen LogP contribution >= 0.6 is 0 Å². The van der Waals surface area contributed by atoms with E-state index in [0.717, 1.165) is 30.5 Å². The molecule has 1 atom stereocenters. The topological polar surface area (TPSA) is 78.1 Å². The number of aryl methyl sites for hydroxylation is 1. The number of nitrogens with zero attached hydrogens (tertiary/aromatic N) is 2. The Balaban J connectivity index is 1.62. The normalized spacial score (nSPS) is 18.7. The highest BCUT2D eigenvalue weighted by Gasteiger charge is 2.21. The van der Waals surface area contributed by atoms with Crippen molar-refractivity contribution in [3.05, 3.63) is 40.3 Å². The number of likely N-dealkylation sites (N-methyl/N-ethyl adjacent to an activating group) is 1. The lowest BCUT2D eigenvalue weighted by atomic mass is 10.2. The molecule has 1 aromatic heterocycles. The maximum absolute atomic E-state index is 12.0. The van der Waals surface area contributed by atoms with Crippen LogP contribution in [0.2, 0.25) is 0 Å². The zero-order chi connectivity index (χ0) is 15.5. The van der Waals surface area contributed by atoms with Gasteiger partial charge in [-0.3, -0.25) is 9.59 Å². The maximum atomic E-state index is 12.0. The SMILES string of the molecule is CN1CCC(NC(=O)CCc2nc3ccccc3[nH]c2=O)C1. The van der Waals surface area contributed by atoms with Crippen molar-refractivity contribution in [3.63, 3.8) is 0 Å². The van der Waals surface area contributed by atoms with Crippen molar-refractivity contribution >= 4 is 16.9 Å². The van der Waals surface area contributed by atoms with Gasteiger partial charge < -0.3 is 15.2 Å². The molecule has 116 valence electrons. The molecule has 1 aromatic carbocycles. The van der Waals surface area contributed by atoms with E-state index in [1.54, 1.807) is 0 Å². The summed E-state index contributed by atoms with van der Waals surface area (Å²) in [6, 6.07) is 7.62. The molecule has 1 aliphatic heterocycles. The third-order valence-electron chi connectivity index (χ3n) is 4.02. The van der Waals surface area contributed by atoms with Crippen LogP contribution < -0.4 is 10.9 Å². The quantitative estimate of drug-likeness (QED) is 0.870. The number of para-hydroxylation sites is 2. The second-order valence-electron chi connectivity index (χ2n) is 5.85. The molecule has 2 N–H and O–H groups in total. The first-order valence-corrected chi connectivity index (χ1v) is 7.57. The fraction of sp³-hybridized carbons (Fsp3) is 0.438.